The van der Waals surface area contributed by atoms with Crippen LogP contribution in [0.25, 0.3) is 0 Å². The summed E-state index contributed by atoms with van der Waals surface area (Å²) in [4.78, 5) is 47.8. The van der Waals surface area contributed by atoms with Gasteiger partial charge in [-0.05, 0) is 13.8 Å². The smallest absolute Gasteiger partial charge is 0.327 e. The number of fused-ring (bicyclic) bond motifs is 1. The van der Waals surface area contributed by atoms with Gasteiger partial charge in [0.25, 0.3) is 0 Å². The molecular weight excluding hydrogens is 402 g/mol. The lowest BCUT2D eigenvalue weighted by molar-refractivity contribution is -0.165. The maximum atomic E-state index is 12.4. The van der Waals surface area contributed by atoms with E-state index in [1.54, 1.807) is 13.8 Å². The summed E-state index contributed by atoms with van der Waals surface area (Å²) in [6.45, 7) is 3.51. The van der Waals surface area contributed by atoms with Gasteiger partial charge in [-0.1, -0.05) is 0 Å². The first kappa shape index (κ1) is 21.4. The number of hydrogen-bond acceptors (Lipinski definition) is 8. The third-order valence-electron chi connectivity index (χ3n) is 4.11. The first-order valence-electron chi connectivity index (χ1n) is 7.87. The fourth-order valence-corrected chi connectivity index (χ4v) is 6.45. The molecule has 0 aromatic rings. The van der Waals surface area contributed by atoms with Crippen LogP contribution in [0.2, 0.25) is 0 Å². The molecule has 1 amide bonds. The molecule has 0 spiro atoms. The van der Waals surface area contributed by atoms with Crippen LogP contribution in [-0.4, -0.2) is 89.1 Å². The summed E-state index contributed by atoms with van der Waals surface area (Å²) in [6.07, 6.45) is -0.734. The van der Waals surface area contributed by atoms with Crippen LogP contribution in [0.1, 0.15) is 13.8 Å². The largest absolute Gasteiger partial charge is 0.481 e. The number of thioether (sulfide) groups is 3. The normalized spacial score (nSPS) is 27.6. The second-order valence-electron chi connectivity index (χ2n) is 6.62. The van der Waals surface area contributed by atoms with Crippen LogP contribution in [0, 0.1) is 5.92 Å². The summed E-state index contributed by atoms with van der Waals surface area (Å²) in [7, 11) is 0. The molecular formula is C15H21NO7S3. The van der Waals surface area contributed by atoms with Crippen LogP contribution in [0.5, 0.6) is 0 Å². The molecule has 1 unspecified atom stereocenters. The Labute approximate surface area is 163 Å². The van der Waals surface area contributed by atoms with Gasteiger partial charge >= 0.3 is 11.9 Å². The molecule has 2 aliphatic rings. The standard InChI is InChI=1S/C15H21NO7S3/c1-15(2)11(14(22)23)16-12(21)10(13(16)26-15)8(18)5-24-3-7(17)4-25-6-9(19)20/h7,10-11,13,17H,3-6H2,1-2H3,(H,19,20)(H,22,23)/t7?,10-,11+,13-/m1/s1. The van der Waals surface area contributed by atoms with E-state index in [0.29, 0.717) is 0 Å². The Bertz CT molecular complexity index is 612. The third-order valence-corrected chi connectivity index (χ3v) is 7.86. The molecule has 2 saturated heterocycles. The van der Waals surface area contributed by atoms with Crippen LogP contribution in [0.15, 0.2) is 0 Å². The molecule has 0 bridgehead atoms. The van der Waals surface area contributed by atoms with Crippen molar-refractivity contribution >= 4 is 58.9 Å². The number of aliphatic hydroxyl groups is 1. The van der Waals surface area contributed by atoms with Crippen molar-refractivity contribution in [2.24, 2.45) is 5.92 Å². The second kappa shape index (κ2) is 8.41. The molecule has 11 heteroatoms. The van der Waals surface area contributed by atoms with Crippen molar-refractivity contribution in [2.75, 3.05) is 23.0 Å². The minimum atomic E-state index is -1.07. The molecule has 8 nitrogen and oxygen atoms in total. The lowest BCUT2D eigenvalue weighted by atomic mass is 9.89. The Morgan fingerprint density at radius 2 is 1.77 bits per heavy atom. The zero-order valence-corrected chi connectivity index (χ0v) is 16.7. The van der Waals surface area contributed by atoms with E-state index in [1.807, 2.05) is 0 Å². The number of ketones is 1. The lowest BCUT2D eigenvalue weighted by Crippen LogP contribution is -2.64. The van der Waals surface area contributed by atoms with Crippen LogP contribution >= 0.6 is 35.3 Å². The Balaban J connectivity index is 1.80. The van der Waals surface area contributed by atoms with E-state index in [2.05, 4.69) is 0 Å². The predicted molar refractivity (Wildman–Crippen MR) is 101 cm³/mol. The van der Waals surface area contributed by atoms with E-state index >= 15 is 0 Å². The van der Waals surface area contributed by atoms with Crippen LogP contribution in [0.3, 0.4) is 0 Å². The predicted octanol–water partition coefficient (Wildman–Crippen LogP) is 0.231. The Morgan fingerprint density at radius 1 is 1.19 bits per heavy atom. The van der Waals surface area contributed by atoms with E-state index < -0.39 is 46.0 Å². The number of rotatable bonds is 10. The van der Waals surface area contributed by atoms with Gasteiger partial charge in [0.05, 0.1) is 23.0 Å². The fraction of sp³-hybridized carbons (Fsp3) is 0.733. The molecule has 0 aromatic heterocycles. The van der Waals surface area contributed by atoms with Gasteiger partial charge in [0.15, 0.2) is 5.78 Å². The van der Waals surface area contributed by atoms with E-state index in [9.17, 15) is 29.4 Å². The summed E-state index contributed by atoms with van der Waals surface area (Å²) >= 11 is 3.62. The van der Waals surface area contributed by atoms with E-state index in [0.717, 1.165) is 11.8 Å². The molecule has 3 N–H and O–H groups in total. The van der Waals surface area contributed by atoms with Gasteiger partial charge in [0.2, 0.25) is 5.91 Å². The first-order valence-corrected chi connectivity index (χ1v) is 11.1. The van der Waals surface area contributed by atoms with Crippen molar-refractivity contribution < 1.29 is 34.5 Å². The number of carboxylic acid groups (broad SMARTS) is 2. The second-order valence-corrected chi connectivity index (χ2v) is 10.5. The SMILES string of the molecule is CC1(C)S[C@@H]2[C@H](C(=O)CSCC(O)CSCC(=O)O)C(=O)N2[C@H]1C(=O)O. The Morgan fingerprint density at radius 3 is 2.31 bits per heavy atom. The van der Waals surface area contributed by atoms with Crippen LogP contribution < -0.4 is 0 Å². The molecule has 0 radical (unpaired) electrons. The number of β-lactam (4-membered cyclic amide) rings is 1. The van der Waals surface area contributed by atoms with Gasteiger partial charge in [0, 0.05) is 16.3 Å². The highest BCUT2D eigenvalue weighted by molar-refractivity contribution is 8.02. The van der Waals surface area contributed by atoms with E-state index in [4.69, 9.17) is 5.11 Å². The highest BCUT2D eigenvalue weighted by atomic mass is 32.2. The number of carboxylic acids is 2. The summed E-state index contributed by atoms with van der Waals surface area (Å²) in [5.41, 5.74) is 0. The van der Waals surface area contributed by atoms with E-state index in [-0.39, 0.29) is 28.8 Å². The monoisotopic (exact) mass is 423 g/mol. The van der Waals surface area contributed by atoms with Gasteiger partial charge in [-0.25, -0.2) is 4.79 Å². The first-order chi connectivity index (χ1) is 12.1. The van der Waals surface area contributed by atoms with Gasteiger partial charge in [0.1, 0.15) is 12.0 Å². The highest BCUT2D eigenvalue weighted by Gasteiger charge is 2.65. The summed E-state index contributed by atoms with van der Waals surface area (Å²) in [6, 6.07) is -0.935. The maximum absolute atomic E-state index is 12.4. The number of carbonyl (C=O) groups is 4. The van der Waals surface area contributed by atoms with E-state index in [1.165, 1.54) is 28.4 Å². The molecule has 2 heterocycles. The molecule has 0 aliphatic carbocycles. The van der Waals surface area contributed by atoms with Crippen molar-refractivity contribution in [1.82, 2.24) is 4.90 Å². The van der Waals surface area contributed by atoms with Gasteiger partial charge in [-0.3, -0.25) is 14.4 Å². The van der Waals surface area contributed by atoms with Crippen molar-refractivity contribution in [1.29, 1.82) is 0 Å². The summed E-state index contributed by atoms with van der Waals surface area (Å²) < 4.78 is -0.661. The number of nitrogens with zero attached hydrogens (tertiary/aromatic N) is 1. The maximum Gasteiger partial charge on any atom is 0.327 e. The minimum absolute atomic E-state index is 0.0557. The molecule has 0 saturated carbocycles. The van der Waals surface area contributed by atoms with Crippen LogP contribution in [0.4, 0.5) is 0 Å². The molecule has 4 atom stereocenters. The molecule has 0 aromatic carbocycles. The molecule has 2 aliphatic heterocycles. The lowest BCUT2D eigenvalue weighted by Gasteiger charge is -2.42. The minimum Gasteiger partial charge on any atom is -0.481 e. The molecule has 2 fully saturated rings. The van der Waals surface area contributed by atoms with Gasteiger partial charge < -0.3 is 20.2 Å². The molecule has 146 valence electrons. The third kappa shape index (κ3) is 4.49. The molecule has 2 rings (SSSR count). The zero-order valence-electron chi connectivity index (χ0n) is 14.3. The van der Waals surface area contributed by atoms with Crippen molar-refractivity contribution in [3.05, 3.63) is 0 Å². The van der Waals surface area contributed by atoms with Gasteiger partial charge in [-0.2, -0.15) is 11.8 Å². The molecule has 26 heavy (non-hydrogen) atoms. The van der Waals surface area contributed by atoms with Crippen molar-refractivity contribution in [3.8, 4) is 0 Å². The van der Waals surface area contributed by atoms with Crippen molar-refractivity contribution in [3.63, 3.8) is 0 Å². The number of amides is 1. The quantitative estimate of drug-likeness (QED) is 0.331. The fourth-order valence-electron chi connectivity index (χ4n) is 3.02. The summed E-state index contributed by atoms with van der Waals surface area (Å²) in [5, 5.41) is 27.2. The number of aliphatic hydroxyl groups excluding tert-OH is 1. The number of aliphatic carboxylic acids is 2. The van der Waals surface area contributed by atoms with Crippen LogP contribution in [-0.2, 0) is 19.2 Å². The number of hydrogen-bond donors (Lipinski definition) is 3. The topological polar surface area (TPSA) is 132 Å². The number of carbonyl (C=O) groups excluding carboxylic acids is 2. The summed E-state index contributed by atoms with van der Waals surface area (Å²) in [5.74, 6) is -3.05. The highest BCUT2D eigenvalue weighted by Crippen LogP contribution is 2.53. The number of Topliss-reactive ketones (excluding diaryl/α,β-unsaturated/α-hetero) is 1. The zero-order chi connectivity index (χ0) is 19.6. The Kier molecular flexibility index (Phi) is 6.92. The average molecular weight is 424 g/mol. The van der Waals surface area contributed by atoms with Crippen molar-refractivity contribution in [2.45, 2.75) is 36.1 Å². The van der Waals surface area contributed by atoms with Gasteiger partial charge in [-0.15, -0.1) is 23.5 Å². The Hall–Kier alpha value is -0.910. The average Bonchev–Trinajstić information content (AvgIpc) is 2.74.